The van der Waals surface area contributed by atoms with E-state index in [0.29, 0.717) is 16.4 Å². The van der Waals surface area contributed by atoms with E-state index < -0.39 is 0 Å². The van der Waals surface area contributed by atoms with Crippen molar-refractivity contribution in [3.05, 3.63) is 34.1 Å². The molecule has 1 atom stereocenters. The third-order valence-electron chi connectivity index (χ3n) is 3.37. The topological polar surface area (TPSA) is 12.0 Å². The van der Waals surface area contributed by atoms with E-state index in [1.165, 1.54) is 12.8 Å². The number of halogens is 2. The predicted octanol–water partition coefficient (Wildman–Crippen LogP) is 4.50. The van der Waals surface area contributed by atoms with Crippen LogP contribution in [0.2, 0.25) is 0 Å². The van der Waals surface area contributed by atoms with Gasteiger partial charge in [0.15, 0.2) is 0 Å². The van der Waals surface area contributed by atoms with Crippen molar-refractivity contribution in [2.24, 2.45) is 5.92 Å². The molecule has 17 heavy (non-hydrogen) atoms. The molecule has 1 rings (SSSR count). The Balaban J connectivity index is 2.52. The van der Waals surface area contributed by atoms with Gasteiger partial charge in [0.05, 0.1) is 4.47 Å². The molecule has 1 N–H and O–H groups in total. The molecule has 0 saturated heterocycles. The lowest BCUT2D eigenvalue weighted by atomic mass is 9.95. The van der Waals surface area contributed by atoms with Crippen LogP contribution in [0.1, 0.15) is 39.2 Å². The van der Waals surface area contributed by atoms with E-state index in [0.717, 1.165) is 12.1 Å². The van der Waals surface area contributed by atoms with E-state index >= 15 is 0 Å². The second kappa shape index (κ2) is 7.12. The van der Waals surface area contributed by atoms with Crippen molar-refractivity contribution >= 4 is 15.9 Å². The van der Waals surface area contributed by atoms with E-state index in [1.54, 1.807) is 12.1 Å². The number of nitrogens with one attached hydrogen (secondary N) is 1. The molecule has 0 aliphatic rings. The fourth-order valence-corrected chi connectivity index (χ4v) is 2.34. The van der Waals surface area contributed by atoms with Crippen molar-refractivity contribution in [2.45, 2.75) is 46.2 Å². The first-order valence-corrected chi connectivity index (χ1v) is 7.05. The molecule has 0 spiro atoms. The first kappa shape index (κ1) is 14.7. The maximum absolute atomic E-state index is 13.3. The van der Waals surface area contributed by atoms with Gasteiger partial charge in [-0.2, -0.15) is 0 Å². The minimum atomic E-state index is -0.195. The zero-order valence-electron chi connectivity index (χ0n) is 10.8. The molecule has 1 unspecified atom stereocenters. The Morgan fingerprint density at radius 2 is 1.94 bits per heavy atom. The van der Waals surface area contributed by atoms with Crippen molar-refractivity contribution in [3.63, 3.8) is 0 Å². The number of benzene rings is 1. The monoisotopic (exact) mass is 301 g/mol. The molecule has 3 heteroatoms. The van der Waals surface area contributed by atoms with E-state index in [9.17, 15) is 4.39 Å². The van der Waals surface area contributed by atoms with E-state index in [1.807, 2.05) is 6.07 Å². The molecule has 1 aromatic rings. The SMILES string of the molecule is CCC(CC)C(C)NCc1ccc(Br)c(F)c1. The third kappa shape index (κ3) is 4.40. The Bertz CT molecular complexity index is 350. The fourth-order valence-electron chi connectivity index (χ4n) is 2.09. The lowest BCUT2D eigenvalue weighted by Gasteiger charge is -2.22. The lowest BCUT2D eigenvalue weighted by Crippen LogP contribution is -2.32. The molecule has 0 aliphatic heterocycles. The largest absolute Gasteiger partial charge is 0.310 e. The van der Waals surface area contributed by atoms with E-state index in [-0.39, 0.29) is 5.82 Å². The van der Waals surface area contributed by atoms with E-state index in [2.05, 4.69) is 42.0 Å². The summed E-state index contributed by atoms with van der Waals surface area (Å²) in [6.45, 7) is 7.35. The summed E-state index contributed by atoms with van der Waals surface area (Å²) in [5, 5.41) is 3.47. The quantitative estimate of drug-likeness (QED) is 0.815. The maximum atomic E-state index is 13.3. The summed E-state index contributed by atoms with van der Waals surface area (Å²) in [5.41, 5.74) is 0.989. The fraction of sp³-hybridized carbons (Fsp3) is 0.571. The Hall–Kier alpha value is -0.410. The second-order valence-corrected chi connectivity index (χ2v) is 5.35. The van der Waals surface area contributed by atoms with Crippen molar-refractivity contribution in [1.82, 2.24) is 5.32 Å². The van der Waals surface area contributed by atoms with Crippen LogP contribution in [0.3, 0.4) is 0 Å². The first-order chi connectivity index (χ1) is 8.08. The van der Waals surface area contributed by atoms with Gasteiger partial charge in [0.25, 0.3) is 0 Å². The highest BCUT2D eigenvalue weighted by Crippen LogP contribution is 2.17. The van der Waals surface area contributed by atoms with Crippen LogP contribution >= 0.6 is 15.9 Å². The van der Waals surface area contributed by atoms with Gasteiger partial charge in [-0.1, -0.05) is 32.8 Å². The van der Waals surface area contributed by atoms with Gasteiger partial charge >= 0.3 is 0 Å². The van der Waals surface area contributed by atoms with Gasteiger partial charge in [0, 0.05) is 12.6 Å². The molecular formula is C14H21BrFN. The van der Waals surface area contributed by atoms with Gasteiger partial charge in [-0.05, 0) is 46.5 Å². The molecule has 1 aromatic carbocycles. The summed E-state index contributed by atoms with van der Waals surface area (Å²) in [5.74, 6) is 0.495. The summed E-state index contributed by atoms with van der Waals surface area (Å²) in [6, 6.07) is 5.75. The molecular weight excluding hydrogens is 281 g/mol. The van der Waals surface area contributed by atoms with Crippen LogP contribution in [-0.2, 0) is 6.54 Å². The maximum Gasteiger partial charge on any atom is 0.137 e. The molecule has 0 heterocycles. The third-order valence-corrected chi connectivity index (χ3v) is 4.01. The molecule has 96 valence electrons. The van der Waals surface area contributed by atoms with E-state index in [4.69, 9.17) is 0 Å². The molecule has 0 saturated carbocycles. The summed E-state index contributed by atoms with van der Waals surface area (Å²) >= 11 is 3.16. The van der Waals surface area contributed by atoms with Crippen LogP contribution in [0.5, 0.6) is 0 Å². The van der Waals surface area contributed by atoms with Crippen LogP contribution in [0.25, 0.3) is 0 Å². The second-order valence-electron chi connectivity index (χ2n) is 4.49. The average molecular weight is 302 g/mol. The van der Waals surface area contributed by atoms with Gasteiger partial charge in [0.1, 0.15) is 5.82 Å². The van der Waals surface area contributed by atoms with Gasteiger partial charge in [-0.3, -0.25) is 0 Å². The molecule has 0 fully saturated rings. The lowest BCUT2D eigenvalue weighted by molar-refractivity contribution is 0.353. The van der Waals surface area contributed by atoms with Crippen molar-refractivity contribution in [1.29, 1.82) is 0 Å². The van der Waals surface area contributed by atoms with Gasteiger partial charge < -0.3 is 5.32 Å². The highest BCUT2D eigenvalue weighted by Gasteiger charge is 2.12. The summed E-state index contributed by atoms with van der Waals surface area (Å²) in [7, 11) is 0. The normalized spacial score (nSPS) is 13.1. The highest BCUT2D eigenvalue weighted by atomic mass is 79.9. The van der Waals surface area contributed by atoms with Crippen LogP contribution in [0.4, 0.5) is 4.39 Å². The number of hydrogen-bond donors (Lipinski definition) is 1. The molecule has 0 aromatic heterocycles. The first-order valence-electron chi connectivity index (χ1n) is 6.25. The van der Waals surface area contributed by atoms with Crippen molar-refractivity contribution in [2.75, 3.05) is 0 Å². The zero-order chi connectivity index (χ0) is 12.8. The van der Waals surface area contributed by atoms with Crippen molar-refractivity contribution in [3.8, 4) is 0 Å². The molecule has 0 bridgehead atoms. The van der Waals surface area contributed by atoms with Gasteiger partial charge in [-0.25, -0.2) is 4.39 Å². The Kier molecular flexibility index (Phi) is 6.14. The van der Waals surface area contributed by atoms with Crippen LogP contribution in [0, 0.1) is 11.7 Å². The minimum Gasteiger partial charge on any atom is -0.310 e. The Morgan fingerprint density at radius 1 is 1.29 bits per heavy atom. The van der Waals surface area contributed by atoms with Crippen molar-refractivity contribution < 1.29 is 4.39 Å². The Morgan fingerprint density at radius 3 is 2.47 bits per heavy atom. The van der Waals surface area contributed by atoms with Crippen LogP contribution in [-0.4, -0.2) is 6.04 Å². The predicted molar refractivity (Wildman–Crippen MR) is 74.5 cm³/mol. The van der Waals surface area contributed by atoms with Gasteiger partial charge in [-0.15, -0.1) is 0 Å². The highest BCUT2D eigenvalue weighted by molar-refractivity contribution is 9.10. The standard InChI is InChI=1S/C14H21BrFN/c1-4-12(5-2)10(3)17-9-11-6-7-13(15)14(16)8-11/h6-8,10,12,17H,4-5,9H2,1-3H3. The molecule has 1 nitrogen and oxygen atoms in total. The Labute approximate surface area is 112 Å². The molecule has 0 amide bonds. The van der Waals surface area contributed by atoms with Gasteiger partial charge in [0.2, 0.25) is 0 Å². The zero-order valence-corrected chi connectivity index (χ0v) is 12.3. The summed E-state index contributed by atoms with van der Waals surface area (Å²) in [4.78, 5) is 0. The van der Waals surface area contributed by atoms with Crippen LogP contribution in [0.15, 0.2) is 22.7 Å². The summed E-state index contributed by atoms with van der Waals surface area (Å²) < 4.78 is 13.8. The number of hydrogen-bond acceptors (Lipinski definition) is 1. The number of rotatable bonds is 6. The smallest absolute Gasteiger partial charge is 0.137 e. The molecule has 0 radical (unpaired) electrons. The average Bonchev–Trinajstić information content (AvgIpc) is 2.32. The minimum absolute atomic E-state index is 0.195. The summed E-state index contributed by atoms with van der Waals surface area (Å²) in [6.07, 6.45) is 2.36. The molecule has 0 aliphatic carbocycles. The van der Waals surface area contributed by atoms with Crippen LogP contribution < -0.4 is 5.32 Å².